The lowest BCUT2D eigenvalue weighted by atomic mass is 9.66. The first-order valence-corrected chi connectivity index (χ1v) is 6.49. The summed E-state index contributed by atoms with van der Waals surface area (Å²) in [5.41, 5.74) is 0.427. The number of rotatable bonds is 2. The van der Waals surface area contributed by atoms with E-state index in [2.05, 4.69) is 36.7 Å². The summed E-state index contributed by atoms with van der Waals surface area (Å²) in [7, 11) is 1.82. The molecule has 0 aromatic carbocycles. The van der Waals surface area contributed by atoms with Crippen molar-refractivity contribution in [1.82, 2.24) is 0 Å². The van der Waals surface area contributed by atoms with Crippen molar-refractivity contribution in [2.24, 2.45) is 17.3 Å². The van der Waals surface area contributed by atoms with E-state index >= 15 is 0 Å². The number of hydrogen-bond donors (Lipinski definition) is 0. The molecule has 1 aliphatic carbocycles. The third-order valence-corrected chi connectivity index (χ3v) is 4.24. The monoisotopic (exact) mass is 262 g/mol. The van der Waals surface area contributed by atoms with Gasteiger partial charge in [-0.1, -0.05) is 36.7 Å². The van der Waals surface area contributed by atoms with Gasteiger partial charge in [-0.3, -0.25) is 0 Å². The molecule has 0 N–H and O–H groups in total. The Bertz CT molecular complexity index is 174. The smallest absolute Gasteiger partial charge is 0.0493 e. The zero-order valence-corrected chi connectivity index (χ0v) is 11.4. The van der Waals surface area contributed by atoms with Crippen molar-refractivity contribution in [1.29, 1.82) is 0 Å². The summed E-state index contributed by atoms with van der Waals surface area (Å²) >= 11 is 3.74. The maximum Gasteiger partial charge on any atom is 0.0493 e. The maximum atomic E-state index is 5.33. The summed E-state index contributed by atoms with van der Waals surface area (Å²) in [6.07, 6.45) is 3.94. The molecule has 0 amide bonds. The second-order valence-corrected chi connectivity index (χ2v) is 6.89. The first kappa shape index (κ1) is 12.5. The van der Waals surface area contributed by atoms with E-state index in [0.717, 1.165) is 18.4 Å². The fourth-order valence-corrected chi connectivity index (χ4v) is 3.49. The normalized spacial score (nSPS) is 34.5. The minimum absolute atomic E-state index is 0.427. The second kappa shape index (κ2) is 4.98. The third-order valence-electron chi connectivity index (χ3n) is 3.41. The molecule has 0 heterocycles. The van der Waals surface area contributed by atoms with E-state index in [-0.39, 0.29) is 0 Å². The van der Waals surface area contributed by atoms with Crippen LogP contribution in [0.3, 0.4) is 0 Å². The van der Waals surface area contributed by atoms with Crippen molar-refractivity contribution < 1.29 is 4.74 Å². The van der Waals surface area contributed by atoms with Crippen molar-refractivity contribution >= 4 is 15.9 Å². The van der Waals surface area contributed by atoms with Crippen LogP contribution in [0.25, 0.3) is 0 Å². The summed E-state index contributed by atoms with van der Waals surface area (Å²) in [6.45, 7) is 7.99. The molecule has 1 aliphatic rings. The van der Waals surface area contributed by atoms with Crippen LogP contribution in [-0.4, -0.2) is 18.5 Å². The van der Waals surface area contributed by atoms with Crippen molar-refractivity contribution in [2.45, 2.75) is 44.9 Å². The van der Waals surface area contributed by atoms with Gasteiger partial charge in [0.05, 0.1) is 0 Å². The van der Waals surface area contributed by atoms with Gasteiger partial charge in [-0.15, -0.1) is 0 Å². The lowest BCUT2D eigenvalue weighted by Gasteiger charge is -2.41. The molecule has 0 bridgehead atoms. The van der Waals surface area contributed by atoms with E-state index in [4.69, 9.17) is 4.74 Å². The van der Waals surface area contributed by atoms with Crippen LogP contribution in [0.1, 0.15) is 40.0 Å². The van der Waals surface area contributed by atoms with Crippen LogP contribution >= 0.6 is 15.9 Å². The number of hydrogen-bond acceptors (Lipinski definition) is 1. The van der Waals surface area contributed by atoms with Gasteiger partial charge in [0.2, 0.25) is 0 Å². The van der Waals surface area contributed by atoms with Gasteiger partial charge >= 0.3 is 0 Å². The fourth-order valence-electron chi connectivity index (χ4n) is 2.75. The SMILES string of the molecule is COCC1CC(Br)CCC1C(C)(C)C. The molecule has 1 nitrogen and oxygen atoms in total. The molecule has 84 valence electrons. The van der Waals surface area contributed by atoms with Crippen molar-refractivity contribution in [2.75, 3.05) is 13.7 Å². The third kappa shape index (κ3) is 3.23. The van der Waals surface area contributed by atoms with Gasteiger partial charge in [-0.25, -0.2) is 0 Å². The first-order valence-electron chi connectivity index (χ1n) is 5.58. The molecular formula is C12H23BrO. The van der Waals surface area contributed by atoms with Gasteiger partial charge in [0.25, 0.3) is 0 Å². The molecule has 0 aromatic heterocycles. The first-order chi connectivity index (χ1) is 6.45. The van der Waals surface area contributed by atoms with Gasteiger partial charge in [-0.2, -0.15) is 0 Å². The minimum Gasteiger partial charge on any atom is -0.384 e. The molecule has 0 radical (unpaired) electrons. The molecule has 0 aliphatic heterocycles. The van der Waals surface area contributed by atoms with E-state index in [1.807, 2.05) is 7.11 Å². The zero-order chi connectivity index (χ0) is 10.8. The molecule has 2 heteroatoms. The van der Waals surface area contributed by atoms with Crippen LogP contribution < -0.4 is 0 Å². The lowest BCUT2D eigenvalue weighted by Crippen LogP contribution is -2.36. The van der Waals surface area contributed by atoms with E-state index in [0.29, 0.717) is 10.2 Å². The Morgan fingerprint density at radius 3 is 2.43 bits per heavy atom. The van der Waals surface area contributed by atoms with Gasteiger partial charge in [0, 0.05) is 18.5 Å². The molecule has 14 heavy (non-hydrogen) atoms. The van der Waals surface area contributed by atoms with Gasteiger partial charge in [0.15, 0.2) is 0 Å². The molecule has 1 fully saturated rings. The standard InChI is InChI=1S/C12H23BrO/c1-12(2,3)11-6-5-10(13)7-9(11)8-14-4/h9-11H,5-8H2,1-4H3. The van der Waals surface area contributed by atoms with Crippen molar-refractivity contribution in [3.63, 3.8) is 0 Å². The Hall–Kier alpha value is 0.440. The van der Waals surface area contributed by atoms with Crippen LogP contribution in [0.2, 0.25) is 0 Å². The largest absolute Gasteiger partial charge is 0.384 e. The highest BCUT2D eigenvalue weighted by atomic mass is 79.9. The Morgan fingerprint density at radius 1 is 1.29 bits per heavy atom. The van der Waals surface area contributed by atoms with Crippen LogP contribution in [-0.2, 0) is 4.74 Å². The topological polar surface area (TPSA) is 9.23 Å². The van der Waals surface area contributed by atoms with Crippen molar-refractivity contribution in [3.8, 4) is 0 Å². The van der Waals surface area contributed by atoms with Gasteiger partial charge in [-0.05, 0) is 36.5 Å². The predicted molar refractivity (Wildman–Crippen MR) is 64.9 cm³/mol. The molecule has 1 saturated carbocycles. The van der Waals surface area contributed by atoms with E-state index in [1.54, 1.807) is 0 Å². The Morgan fingerprint density at radius 2 is 1.93 bits per heavy atom. The number of halogens is 1. The van der Waals surface area contributed by atoms with Gasteiger partial charge in [0.1, 0.15) is 0 Å². The summed E-state index contributed by atoms with van der Waals surface area (Å²) < 4.78 is 5.33. The average Bonchev–Trinajstić information content (AvgIpc) is 2.02. The van der Waals surface area contributed by atoms with Crippen molar-refractivity contribution in [3.05, 3.63) is 0 Å². The van der Waals surface area contributed by atoms with E-state index in [9.17, 15) is 0 Å². The molecule has 0 saturated heterocycles. The number of alkyl halides is 1. The highest BCUT2D eigenvalue weighted by molar-refractivity contribution is 9.09. The molecule has 0 aromatic rings. The summed E-state index contributed by atoms with van der Waals surface area (Å²) in [6, 6.07) is 0. The molecule has 0 spiro atoms. The highest BCUT2D eigenvalue weighted by Gasteiger charge is 2.36. The Kier molecular flexibility index (Phi) is 4.45. The van der Waals surface area contributed by atoms with Crippen LogP contribution in [0, 0.1) is 17.3 Å². The Labute approximate surface area is 96.7 Å². The summed E-state index contributed by atoms with van der Waals surface area (Å²) in [4.78, 5) is 0.709. The molecular weight excluding hydrogens is 240 g/mol. The lowest BCUT2D eigenvalue weighted by molar-refractivity contribution is 0.0438. The number of ether oxygens (including phenoxy) is 1. The maximum absolute atomic E-state index is 5.33. The molecule has 3 unspecified atom stereocenters. The second-order valence-electron chi connectivity index (χ2n) is 5.60. The number of methoxy groups -OCH3 is 1. The molecule has 1 rings (SSSR count). The van der Waals surface area contributed by atoms with E-state index < -0.39 is 0 Å². The van der Waals surface area contributed by atoms with E-state index in [1.165, 1.54) is 19.3 Å². The van der Waals surface area contributed by atoms with Gasteiger partial charge < -0.3 is 4.74 Å². The van der Waals surface area contributed by atoms with Crippen LogP contribution in [0.5, 0.6) is 0 Å². The molecule has 3 atom stereocenters. The quantitative estimate of drug-likeness (QED) is 0.687. The summed E-state index contributed by atoms with van der Waals surface area (Å²) in [5.74, 6) is 1.55. The zero-order valence-electron chi connectivity index (χ0n) is 9.85. The predicted octanol–water partition coefficient (Wildman–Crippen LogP) is 3.86. The average molecular weight is 263 g/mol. The highest BCUT2D eigenvalue weighted by Crippen LogP contribution is 2.43. The fraction of sp³-hybridized carbons (Fsp3) is 1.00. The Balaban J connectivity index is 2.62. The van der Waals surface area contributed by atoms with Crippen LogP contribution in [0.15, 0.2) is 0 Å². The minimum atomic E-state index is 0.427. The summed E-state index contributed by atoms with van der Waals surface area (Å²) in [5, 5.41) is 0. The van der Waals surface area contributed by atoms with Crippen LogP contribution in [0.4, 0.5) is 0 Å².